The third-order valence-electron chi connectivity index (χ3n) is 7.65. The number of phenolic OH excluding ortho intramolecular Hbond substituents is 1. The van der Waals surface area contributed by atoms with Gasteiger partial charge >= 0.3 is 11.9 Å². The fraction of sp³-hybridized carbons (Fsp3) is 0.464. The third-order valence-corrected chi connectivity index (χ3v) is 7.65. The fourth-order valence-corrected chi connectivity index (χ4v) is 5.21. The van der Waals surface area contributed by atoms with Gasteiger partial charge in [-0.05, 0) is 17.7 Å². The van der Waals surface area contributed by atoms with Crippen LogP contribution in [0, 0.1) is 0 Å². The molecule has 0 aromatic heterocycles. The monoisotopic (exact) mass is 654 g/mol. The van der Waals surface area contributed by atoms with Crippen LogP contribution in [-0.2, 0) is 19.1 Å². The SMILES string of the molecule is COc1ccc([C@@H]2CC(=O)c3c(O[C@@H]4O[C@H](C(=O)O)[C@@H](O)[C@H](O)[C@H]4O)cc(O[C@@H]4O[C@H](C(=O)O)[C@@H](O)[C@H](O)[C@H]4O)cc3O2)cc1O. The molecule has 3 aliphatic rings. The Morgan fingerprint density at radius 3 is 1.85 bits per heavy atom. The molecule has 3 heterocycles. The van der Waals surface area contributed by atoms with Crippen LogP contribution in [0.2, 0.25) is 0 Å². The highest BCUT2D eigenvalue weighted by Gasteiger charge is 2.50. The summed E-state index contributed by atoms with van der Waals surface area (Å²) in [4.78, 5) is 36.6. The Bertz CT molecular complexity index is 1500. The molecule has 0 radical (unpaired) electrons. The summed E-state index contributed by atoms with van der Waals surface area (Å²) in [6.45, 7) is 0. The van der Waals surface area contributed by atoms with Gasteiger partial charge in [-0.1, -0.05) is 6.07 Å². The van der Waals surface area contributed by atoms with Gasteiger partial charge < -0.3 is 74.4 Å². The van der Waals surface area contributed by atoms with Crippen LogP contribution in [0.1, 0.15) is 28.4 Å². The maximum atomic E-state index is 13.5. The predicted molar refractivity (Wildman–Crippen MR) is 143 cm³/mol. The van der Waals surface area contributed by atoms with Gasteiger partial charge in [0, 0.05) is 12.1 Å². The molecule has 0 saturated carbocycles. The van der Waals surface area contributed by atoms with Crippen LogP contribution in [0.4, 0.5) is 0 Å². The number of carboxylic acid groups (broad SMARTS) is 2. The van der Waals surface area contributed by atoms with Crippen molar-refractivity contribution < 1.29 is 88.8 Å². The number of benzene rings is 2. The van der Waals surface area contributed by atoms with Crippen LogP contribution in [0.3, 0.4) is 0 Å². The summed E-state index contributed by atoms with van der Waals surface area (Å²) in [6.07, 6.45) is -21.5. The predicted octanol–water partition coefficient (Wildman–Crippen LogP) is -2.35. The van der Waals surface area contributed by atoms with Gasteiger partial charge in [0.05, 0.1) is 13.5 Å². The molecule has 18 heteroatoms. The van der Waals surface area contributed by atoms with E-state index in [2.05, 4.69) is 0 Å². The molecule has 18 nitrogen and oxygen atoms in total. The number of rotatable bonds is 8. The van der Waals surface area contributed by atoms with Gasteiger partial charge in [0.1, 0.15) is 65.5 Å². The molecule has 0 amide bonds. The quantitative estimate of drug-likeness (QED) is 0.144. The molecule has 0 bridgehead atoms. The summed E-state index contributed by atoms with van der Waals surface area (Å²) in [7, 11) is 1.34. The second-order valence-corrected chi connectivity index (χ2v) is 10.7. The van der Waals surface area contributed by atoms with Crippen molar-refractivity contribution in [2.75, 3.05) is 7.11 Å². The lowest BCUT2D eigenvalue weighted by atomic mass is 9.95. The van der Waals surface area contributed by atoms with Crippen molar-refractivity contribution in [3.63, 3.8) is 0 Å². The van der Waals surface area contributed by atoms with Crippen LogP contribution in [0.25, 0.3) is 0 Å². The first-order valence-corrected chi connectivity index (χ1v) is 13.6. The van der Waals surface area contributed by atoms with Crippen molar-refractivity contribution >= 4 is 17.7 Å². The van der Waals surface area contributed by atoms with E-state index in [0.29, 0.717) is 5.56 Å². The minimum absolute atomic E-state index is 0.147. The number of carbonyl (C=O) groups is 3. The van der Waals surface area contributed by atoms with E-state index in [0.717, 1.165) is 12.1 Å². The number of aliphatic hydroxyl groups excluding tert-OH is 6. The molecule has 2 saturated heterocycles. The lowest BCUT2D eigenvalue weighted by Crippen LogP contribution is -2.61. The van der Waals surface area contributed by atoms with E-state index in [-0.39, 0.29) is 35.0 Å². The van der Waals surface area contributed by atoms with E-state index in [1.54, 1.807) is 0 Å². The van der Waals surface area contributed by atoms with Crippen LogP contribution in [0.5, 0.6) is 28.7 Å². The van der Waals surface area contributed by atoms with Gasteiger partial charge in [-0.2, -0.15) is 0 Å². The normalized spacial score (nSPS) is 34.2. The number of aromatic hydroxyl groups is 1. The van der Waals surface area contributed by atoms with Gasteiger partial charge in [0.15, 0.2) is 29.5 Å². The van der Waals surface area contributed by atoms with Crippen molar-refractivity contribution in [1.29, 1.82) is 0 Å². The lowest BCUT2D eigenvalue weighted by molar-refractivity contribution is -0.272. The molecule has 0 spiro atoms. The van der Waals surface area contributed by atoms with Crippen molar-refractivity contribution in [1.82, 2.24) is 0 Å². The maximum absolute atomic E-state index is 13.5. The molecule has 9 N–H and O–H groups in total. The van der Waals surface area contributed by atoms with Crippen molar-refractivity contribution in [3.8, 4) is 28.7 Å². The van der Waals surface area contributed by atoms with Gasteiger partial charge in [-0.15, -0.1) is 0 Å². The number of methoxy groups -OCH3 is 1. The first kappa shape index (κ1) is 33.1. The number of aliphatic hydroxyl groups is 6. The number of hydrogen-bond donors (Lipinski definition) is 9. The molecule has 5 rings (SSSR count). The first-order chi connectivity index (χ1) is 21.7. The largest absolute Gasteiger partial charge is 0.504 e. The van der Waals surface area contributed by atoms with Gasteiger partial charge in [0.25, 0.3) is 0 Å². The molecular formula is C28H30O18. The van der Waals surface area contributed by atoms with E-state index < -0.39 is 91.0 Å². The maximum Gasteiger partial charge on any atom is 0.335 e. The average molecular weight is 655 g/mol. The van der Waals surface area contributed by atoms with Gasteiger partial charge in [-0.3, -0.25) is 4.79 Å². The Kier molecular flexibility index (Phi) is 9.25. The Morgan fingerprint density at radius 2 is 1.33 bits per heavy atom. The Balaban J connectivity index is 1.53. The summed E-state index contributed by atoms with van der Waals surface area (Å²) in [5.41, 5.74) is 0.0691. The number of carboxylic acids is 2. The fourth-order valence-electron chi connectivity index (χ4n) is 5.21. The smallest absolute Gasteiger partial charge is 0.335 e. The number of ether oxygens (including phenoxy) is 6. The highest BCUT2D eigenvalue weighted by Crippen LogP contribution is 2.45. The van der Waals surface area contributed by atoms with E-state index in [4.69, 9.17) is 28.4 Å². The highest BCUT2D eigenvalue weighted by atomic mass is 16.7. The van der Waals surface area contributed by atoms with Crippen LogP contribution >= 0.6 is 0 Å². The van der Waals surface area contributed by atoms with Crippen molar-refractivity contribution in [2.24, 2.45) is 0 Å². The number of phenols is 1. The molecule has 46 heavy (non-hydrogen) atoms. The van der Waals surface area contributed by atoms with E-state index in [1.165, 1.54) is 25.3 Å². The number of aliphatic carboxylic acids is 2. The summed E-state index contributed by atoms with van der Waals surface area (Å²) >= 11 is 0. The summed E-state index contributed by atoms with van der Waals surface area (Å²) < 4.78 is 32.6. The highest BCUT2D eigenvalue weighted by molar-refractivity contribution is 6.03. The summed E-state index contributed by atoms with van der Waals surface area (Å²) in [5, 5.41) is 90.4. The Hall–Kier alpha value is -4.27. The van der Waals surface area contributed by atoms with Gasteiger partial charge in [-0.25, -0.2) is 9.59 Å². The van der Waals surface area contributed by atoms with Gasteiger partial charge in [0.2, 0.25) is 12.6 Å². The topological polar surface area (TPSA) is 289 Å². The van der Waals surface area contributed by atoms with Crippen LogP contribution < -0.4 is 18.9 Å². The minimum atomic E-state index is -2.05. The zero-order valence-corrected chi connectivity index (χ0v) is 23.6. The van der Waals surface area contributed by atoms with E-state index >= 15 is 0 Å². The molecule has 2 aromatic rings. The number of hydrogen-bond acceptors (Lipinski definition) is 16. The Morgan fingerprint density at radius 1 is 0.761 bits per heavy atom. The first-order valence-electron chi connectivity index (χ1n) is 13.6. The zero-order chi connectivity index (χ0) is 33.6. The molecule has 250 valence electrons. The zero-order valence-electron chi connectivity index (χ0n) is 23.6. The second-order valence-electron chi connectivity index (χ2n) is 10.7. The number of carbonyl (C=O) groups excluding carboxylic acids is 1. The van der Waals surface area contributed by atoms with Crippen molar-refractivity contribution in [3.05, 3.63) is 41.5 Å². The van der Waals surface area contributed by atoms with E-state index in [9.17, 15) is 60.3 Å². The summed E-state index contributed by atoms with van der Waals surface area (Å²) in [5.74, 6) is -5.17. The lowest BCUT2D eigenvalue weighted by Gasteiger charge is -2.39. The molecule has 11 atom stereocenters. The van der Waals surface area contributed by atoms with Crippen molar-refractivity contribution in [2.45, 2.75) is 73.9 Å². The third kappa shape index (κ3) is 6.11. The Labute approximate surface area is 258 Å². The molecule has 2 aromatic carbocycles. The average Bonchev–Trinajstić information content (AvgIpc) is 3.00. The number of fused-ring (bicyclic) bond motifs is 1. The standard InChI is InChI=1S/C28H30O18/c1-41-12-3-2-8(4-10(12)29)13-7-11(30)16-14(43-13)5-9(42-27-21(35)17(31)19(33)23(45-27)25(37)38)6-15(16)44-28-22(36)18(32)20(34)24(46-28)26(39)40/h2-6,13,17-24,27-29,31-36H,7H2,1H3,(H,37,38)(H,39,40)/t13-,17-,18-,19-,20-,21+,22+,23-,24-,27+,28+/m0/s1. The molecular weight excluding hydrogens is 624 g/mol. The number of ketones is 1. The van der Waals surface area contributed by atoms with Crippen LogP contribution in [0.15, 0.2) is 30.3 Å². The molecule has 3 aliphatic heterocycles. The second kappa shape index (κ2) is 12.9. The minimum Gasteiger partial charge on any atom is -0.504 e. The van der Waals surface area contributed by atoms with E-state index in [1.807, 2.05) is 0 Å². The van der Waals surface area contributed by atoms with Crippen LogP contribution in [-0.4, -0.2) is 132 Å². The summed E-state index contributed by atoms with van der Waals surface area (Å²) in [6, 6.07) is 6.37. The number of Topliss-reactive ketones (excluding diaryl/α,β-unsaturated/α-hetero) is 1. The molecule has 0 unspecified atom stereocenters. The molecule has 0 aliphatic carbocycles. The molecule has 2 fully saturated rings.